The van der Waals surface area contributed by atoms with Crippen molar-refractivity contribution in [1.82, 2.24) is 5.32 Å². The van der Waals surface area contributed by atoms with Crippen LogP contribution in [0.25, 0.3) is 0 Å². The Balaban J connectivity index is 2.07. The van der Waals surface area contributed by atoms with E-state index in [1.165, 1.54) is 7.11 Å². The Morgan fingerprint density at radius 3 is 2.79 bits per heavy atom. The number of methoxy groups -OCH3 is 1. The first kappa shape index (κ1) is 17.9. The van der Waals surface area contributed by atoms with E-state index >= 15 is 0 Å². The number of ether oxygens (including phenoxy) is 3. The summed E-state index contributed by atoms with van der Waals surface area (Å²) >= 11 is 0. The molecule has 0 spiro atoms. The van der Waals surface area contributed by atoms with Gasteiger partial charge in [0.2, 0.25) is 0 Å². The summed E-state index contributed by atoms with van der Waals surface area (Å²) < 4.78 is 16.0. The Bertz CT molecular complexity index is 589. The number of carbonyl (C=O) groups is 1. The van der Waals surface area contributed by atoms with Crippen LogP contribution >= 0.6 is 0 Å². The summed E-state index contributed by atoms with van der Waals surface area (Å²) in [7, 11) is 1.38. The number of aliphatic imine (C=N–C) groups is 1. The lowest BCUT2D eigenvalue weighted by Crippen LogP contribution is -2.31. The summed E-state index contributed by atoms with van der Waals surface area (Å²) in [5.41, 5.74) is 0.838. The minimum atomic E-state index is -0.297. The lowest BCUT2D eigenvalue weighted by Gasteiger charge is -2.14. The Kier molecular flexibility index (Phi) is 6.72. The molecule has 1 aromatic carbocycles. The smallest absolute Gasteiger partial charge is 0.310 e. The second-order valence-corrected chi connectivity index (χ2v) is 5.48. The quantitative estimate of drug-likeness (QED) is 0.487. The molecule has 0 radical (unpaired) electrons. The molecule has 1 aliphatic heterocycles. The van der Waals surface area contributed by atoms with Crippen molar-refractivity contribution in [3.05, 3.63) is 18.2 Å². The highest BCUT2D eigenvalue weighted by atomic mass is 16.5. The molecule has 2 rings (SSSR count). The Morgan fingerprint density at radius 1 is 1.33 bits per heavy atom. The zero-order chi connectivity index (χ0) is 17.4. The van der Waals surface area contributed by atoms with Crippen LogP contribution in [0.3, 0.4) is 0 Å². The van der Waals surface area contributed by atoms with Crippen molar-refractivity contribution in [1.29, 1.82) is 0 Å². The summed E-state index contributed by atoms with van der Waals surface area (Å²) in [5, 5.41) is 6.36. The normalized spacial score (nSPS) is 15.2. The summed E-state index contributed by atoms with van der Waals surface area (Å²) in [5.74, 6) is 1.50. The van der Waals surface area contributed by atoms with Gasteiger partial charge in [-0.25, -0.2) is 0 Å². The molecule has 1 unspecified atom stereocenters. The molecule has 132 valence electrons. The first-order chi connectivity index (χ1) is 11.6. The third kappa shape index (κ3) is 5.04. The molecule has 1 heterocycles. The van der Waals surface area contributed by atoms with Gasteiger partial charge in [-0.3, -0.25) is 9.79 Å². The first-order valence-corrected chi connectivity index (χ1v) is 8.16. The van der Waals surface area contributed by atoms with Crippen molar-refractivity contribution in [3.63, 3.8) is 0 Å². The molecule has 0 saturated heterocycles. The highest BCUT2D eigenvalue weighted by Gasteiger charge is 2.14. The number of rotatable bonds is 5. The van der Waals surface area contributed by atoms with E-state index in [-0.39, 0.29) is 11.9 Å². The second kappa shape index (κ2) is 9.00. The Hall–Kier alpha value is -2.44. The second-order valence-electron chi connectivity index (χ2n) is 5.48. The minimum absolute atomic E-state index is 0.273. The number of hydrogen-bond acceptors (Lipinski definition) is 5. The standard InChI is InChI=1S/C17H25N3O4/c1-4-18-17(19-11-12(2)16(21)22-3)20-13-6-7-14-15(10-13)24-9-5-8-23-14/h6-7,10,12H,4-5,8-9,11H2,1-3H3,(H2,18,19,20). The fourth-order valence-corrected chi connectivity index (χ4v) is 2.19. The van der Waals surface area contributed by atoms with E-state index in [2.05, 4.69) is 15.6 Å². The number of fused-ring (bicyclic) bond motifs is 1. The van der Waals surface area contributed by atoms with E-state index in [4.69, 9.17) is 14.2 Å². The van der Waals surface area contributed by atoms with Crippen LogP contribution in [0.15, 0.2) is 23.2 Å². The summed E-state index contributed by atoms with van der Waals surface area (Å²) in [6.45, 7) is 6.12. The zero-order valence-corrected chi connectivity index (χ0v) is 14.4. The average molecular weight is 335 g/mol. The molecule has 2 N–H and O–H groups in total. The predicted octanol–water partition coefficient (Wildman–Crippen LogP) is 2.03. The topological polar surface area (TPSA) is 81.2 Å². The van der Waals surface area contributed by atoms with E-state index in [1.54, 1.807) is 6.92 Å². The molecule has 1 aliphatic rings. The number of anilines is 1. The maximum atomic E-state index is 11.5. The van der Waals surface area contributed by atoms with Gasteiger partial charge in [-0.2, -0.15) is 0 Å². The highest BCUT2D eigenvalue weighted by molar-refractivity contribution is 5.94. The number of guanidine groups is 1. The number of benzene rings is 1. The molecule has 0 aromatic heterocycles. The van der Waals surface area contributed by atoms with Gasteiger partial charge < -0.3 is 24.8 Å². The van der Waals surface area contributed by atoms with Crippen molar-refractivity contribution < 1.29 is 19.0 Å². The van der Waals surface area contributed by atoms with E-state index in [0.717, 1.165) is 23.6 Å². The fraction of sp³-hybridized carbons (Fsp3) is 0.529. The van der Waals surface area contributed by atoms with Crippen LogP contribution in [0.4, 0.5) is 5.69 Å². The van der Waals surface area contributed by atoms with Gasteiger partial charge in [-0.1, -0.05) is 6.92 Å². The molecule has 24 heavy (non-hydrogen) atoms. The molecule has 0 saturated carbocycles. The van der Waals surface area contributed by atoms with Crippen LogP contribution < -0.4 is 20.1 Å². The third-order valence-corrected chi connectivity index (χ3v) is 3.48. The van der Waals surface area contributed by atoms with Gasteiger partial charge in [0.15, 0.2) is 17.5 Å². The molecular formula is C17H25N3O4. The maximum Gasteiger partial charge on any atom is 0.310 e. The Labute approximate surface area is 142 Å². The third-order valence-electron chi connectivity index (χ3n) is 3.48. The SMILES string of the molecule is CCNC(=NCC(C)C(=O)OC)Nc1ccc2c(c1)OCCCO2. The van der Waals surface area contributed by atoms with Crippen LogP contribution in [0.1, 0.15) is 20.3 Å². The van der Waals surface area contributed by atoms with E-state index in [1.807, 2.05) is 25.1 Å². The number of nitrogens with one attached hydrogen (secondary N) is 2. The van der Waals surface area contributed by atoms with Crippen LogP contribution in [-0.4, -0.2) is 45.3 Å². The van der Waals surface area contributed by atoms with Crippen LogP contribution in [-0.2, 0) is 9.53 Å². The summed E-state index contributed by atoms with van der Waals surface area (Å²) in [6, 6.07) is 5.67. The van der Waals surface area contributed by atoms with Gasteiger partial charge >= 0.3 is 5.97 Å². The highest BCUT2D eigenvalue weighted by Crippen LogP contribution is 2.32. The number of nitrogens with zero attached hydrogens (tertiary/aromatic N) is 1. The lowest BCUT2D eigenvalue weighted by atomic mass is 10.2. The molecule has 1 atom stereocenters. The fourth-order valence-electron chi connectivity index (χ4n) is 2.19. The Morgan fingerprint density at radius 2 is 2.08 bits per heavy atom. The van der Waals surface area contributed by atoms with Crippen LogP contribution in [0.2, 0.25) is 0 Å². The van der Waals surface area contributed by atoms with Gasteiger partial charge in [0.25, 0.3) is 0 Å². The lowest BCUT2D eigenvalue weighted by molar-refractivity contribution is -0.144. The molecule has 7 nitrogen and oxygen atoms in total. The predicted molar refractivity (Wildman–Crippen MR) is 92.8 cm³/mol. The average Bonchev–Trinajstić information content (AvgIpc) is 2.83. The zero-order valence-electron chi connectivity index (χ0n) is 14.4. The van der Waals surface area contributed by atoms with Crippen LogP contribution in [0, 0.1) is 5.92 Å². The number of carbonyl (C=O) groups excluding carboxylic acids is 1. The van der Waals surface area contributed by atoms with E-state index in [0.29, 0.717) is 32.3 Å². The summed E-state index contributed by atoms with van der Waals surface area (Å²) in [4.78, 5) is 15.9. The monoisotopic (exact) mass is 335 g/mol. The maximum absolute atomic E-state index is 11.5. The van der Waals surface area contributed by atoms with Gasteiger partial charge in [0.05, 0.1) is 32.8 Å². The van der Waals surface area contributed by atoms with Crippen molar-refractivity contribution in [2.45, 2.75) is 20.3 Å². The van der Waals surface area contributed by atoms with Crippen molar-refractivity contribution >= 4 is 17.6 Å². The molecule has 7 heteroatoms. The van der Waals surface area contributed by atoms with Gasteiger partial charge in [0.1, 0.15) is 0 Å². The molecule has 0 amide bonds. The van der Waals surface area contributed by atoms with Crippen molar-refractivity contribution in [3.8, 4) is 11.5 Å². The van der Waals surface area contributed by atoms with Crippen molar-refractivity contribution in [2.24, 2.45) is 10.9 Å². The molecule has 1 aromatic rings. The van der Waals surface area contributed by atoms with E-state index < -0.39 is 0 Å². The number of hydrogen-bond donors (Lipinski definition) is 2. The van der Waals surface area contributed by atoms with Gasteiger partial charge in [-0.05, 0) is 19.1 Å². The molecule has 0 bridgehead atoms. The largest absolute Gasteiger partial charge is 0.490 e. The van der Waals surface area contributed by atoms with Crippen molar-refractivity contribution in [2.75, 3.05) is 38.7 Å². The molecule has 0 aliphatic carbocycles. The van der Waals surface area contributed by atoms with Gasteiger partial charge in [0, 0.05) is 24.7 Å². The molecule has 0 fully saturated rings. The first-order valence-electron chi connectivity index (χ1n) is 8.16. The molecular weight excluding hydrogens is 310 g/mol. The van der Waals surface area contributed by atoms with Gasteiger partial charge in [-0.15, -0.1) is 0 Å². The number of esters is 1. The van der Waals surface area contributed by atoms with Crippen LogP contribution in [0.5, 0.6) is 11.5 Å². The summed E-state index contributed by atoms with van der Waals surface area (Å²) in [6.07, 6.45) is 0.868. The minimum Gasteiger partial charge on any atom is -0.490 e. The van der Waals surface area contributed by atoms with E-state index in [9.17, 15) is 4.79 Å².